The number of hydrogen-bond acceptors (Lipinski definition) is 4. The van der Waals surface area contributed by atoms with Crippen molar-refractivity contribution in [3.63, 3.8) is 0 Å². The van der Waals surface area contributed by atoms with Gasteiger partial charge in [-0.3, -0.25) is 10.1 Å². The average molecular weight is 269 g/mol. The highest BCUT2D eigenvalue weighted by Gasteiger charge is 2.50. The maximum atomic E-state index is 12.3. The van der Waals surface area contributed by atoms with Crippen molar-refractivity contribution in [1.29, 1.82) is 0 Å². The topological polar surface area (TPSA) is 53.5 Å². The van der Waals surface area contributed by atoms with Crippen LogP contribution >= 0.6 is 11.8 Å². The predicted molar refractivity (Wildman–Crippen MR) is 76.9 cm³/mol. The van der Waals surface area contributed by atoms with Crippen LogP contribution in [0.5, 0.6) is 0 Å². The Hall–Kier alpha value is -0.710. The van der Waals surface area contributed by atoms with Gasteiger partial charge in [-0.15, -0.1) is 0 Å². The minimum Gasteiger partial charge on any atom is -0.351 e. The number of thioether (sulfide) groups is 1. The second-order valence-electron chi connectivity index (χ2n) is 7.15. The van der Waals surface area contributed by atoms with Gasteiger partial charge in [0.15, 0.2) is 11.5 Å². The van der Waals surface area contributed by atoms with Crippen LogP contribution in [0.1, 0.15) is 41.0 Å². The van der Waals surface area contributed by atoms with E-state index in [1.807, 2.05) is 11.8 Å². The minimum atomic E-state index is -0.556. The highest BCUT2D eigenvalue weighted by molar-refractivity contribution is 7.99. The first kappa shape index (κ1) is 13.7. The third-order valence-corrected chi connectivity index (χ3v) is 4.75. The fraction of sp³-hybridized carbons (Fsp3) is 0.846. The minimum absolute atomic E-state index is 0.0505. The number of nitrogens with one attached hydrogen (secondary N) is 2. The van der Waals surface area contributed by atoms with Crippen LogP contribution in [-0.4, -0.2) is 34.5 Å². The second-order valence-corrected chi connectivity index (χ2v) is 8.14. The van der Waals surface area contributed by atoms with Gasteiger partial charge in [0.1, 0.15) is 0 Å². The molecule has 1 spiro atoms. The molecule has 2 aliphatic rings. The van der Waals surface area contributed by atoms with E-state index in [0.29, 0.717) is 5.96 Å². The highest BCUT2D eigenvalue weighted by atomic mass is 32.2. The summed E-state index contributed by atoms with van der Waals surface area (Å²) in [5.41, 5.74) is -0.476. The highest BCUT2D eigenvalue weighted by Crippen LogP contribution is 2.42. The lowest BCUT2D eigenvalue weighted by Crippen LogP contribution is -2.50. The standard InChI is InChI=1S/C13H23N3OS/c1-11(2,3)15-10-14-9(17)13(16-10)6-12(4,5)7-18-8-13/h6-8H2,1-5H3,(H2,14,15,16,17). The largest absolute Gasteiger partial charge is 0.351 e. The average Bonchev–Trinajstić information content (AvgIpc) is 2.37. The Balaban J connectivity index is 2.20. The summed E-state index contributed by atoms with van der Waals surface area (Å²) in [6.07, 6.45) is 0.828. The molecule has 2 heterocycles. The SMILES string of the molecule is CC1(C)CSCC2(C1)N=C(NC(C)(C)C)NC2=O. The molecular formula is C13H23N3OS. The molecule has 18 heavy (non-hydrogen) atoms. The summed E-state index contributed by atoms with van der Waals surface area (Å²) in [5.74, 6) is 2.57. The molecule has 0 aromatic rings. The van der Waals surface area contributed by atoms with Gasteiger partial charge in [0, 0.05) is 11.3 Å². The van der Waals surface area contributed by atoms with Crippen molar-refractivity contribution in [2.45, 2.75) is 52.1 Å². The van der Waals surface area contributed by atoms with Crippen LogP contribution in [0.25, 0.3) is 0 Å². The van der Waals surface area contributed by atoms with Crippen molar-refractivity contribution in [3.8, 4) is 0 Å². The van der Waals surface area contributed by atoms with E-state index < -0.39 is 5.54 Å². The lowest BCUT2D eigenvalue weighted by atomic mass is 9.80. The van der Waals surface area contributed by atoms with E-state index in [1.165, 1.54) is 0 Å². The van der Waals surface area contributed by atoms with Gasteiger partial charge in [-0.1, -0.05) is 13.8 Å². The fourth-order valence-corrected chi connectivity index (χ4v) is 3.93. The zero-order chi connectivity index (χ0) is 13.6. The molecule has 1 unspecified atom stereocenters. The Bertz CT molecular complexity index is 398. The Labute approximate surface area is 113 Å². The van der Waals surface area contributed by atoms with Crippen LogP contribution in [0.2, 0.25) is 0 Å². The van der Waals surface area contributed by atoms with Crippen molar-refractivity contribution in [2.75, 3.05) is 11.5 Å². The van der Waals surface area contributed by atoms with E-state index in [-0.39, 0.29) is 16.9 Å². The van der Waals surface area contributed by atoms with Gasteiger partial charge in [-0.05, 0) is 38.4 Å². The number of carbonyl (C=O) groups excluding carboxylic acids is 1. The van der Waals surface area contributed by atoms with E-state index in [1.54, 1.807) is 0 Å². The van der Waals surface area contributed by atoms with Crippen LogP contribution < -0.4 is 10.6 Å². The quantitative estimate of drug-likeness (QED) is 0.704. The molecule has 1 atom stereocenters. The van der Waals surface area contributed by atoms with Gasteiger partial charge in [0.2, 0.25) is 0 Å². The van der Waals surface area contributed by atoms with Gasteiger partial charge < -0.3 is 5.32 Å². The molecule has 1 amide bonds. The fourth-order valence-electron chi connectivity index (χ4n) is 2.54. The lowest BCUT2D eigenvalue weighted by molar-refractivity contribution is -0.124. The molecule has 2 rings (SSSR count). The van der Waals surface area contributed by atoms with Crippen molar-refractivity contribution in [3.05, 3.63) is 0 Å². The summed E-state index contributed by atoms with van der Waals surface area (Å²) in [4.78, 5) is 16.9. The molecule has 102 valence electrons. The van der Waals surface area contributed by atoms with Crippen LogP contribution in [0, 0.1) is 5.41 Å². The first-order valence-electron chi connectivity index (χ1n) is 6.39. The molecule has 0 saturated carbocycles. The first-order chi connectivity index (χ1) is 8.12. The summed E-state index contributed by atoms with van der Waals surface area (Å²) in [6, 6.07) is 0. The number of guanidine groups is 1. The van der Waals surface area contributed by atoms with Crippen LogP contribution in [0.15, 0.2) is 4.99 Å². The monoisotopic (exact) mass is 269 g/mol. The molecular weight excluding hydrogens is 246 g/mol. The zero-order valence-electron chi connectivity index (χ0n) is 11.9. The van der Waals surface area contributed by atoms with Crippen LogP contribution in [0.3, 0.4) is 0 Å². The molecule has 0 aromatic heterocycles. The van der Waals surface area contributed by atoms with Gasteiger partial charge in [0.05, 0.1) is 0 Å². The van der Waals surface area contributed by atoms with Crippen LogP contribution in [-0.2, 0) is 4.79 Å². The van der Waals surface area contributed by atoms with E-state index >= 15 is 0 Å². The molecule has 0 radical (unpaired) electrons. The Morgan fingerprint density at radius 1 is 1.33 bits per heavy atom. The number of nitrogens with zero attached hydrogens (tertiary/aromatic N) is 1. The Morgan fingerprint density at radius 2 is 2.00 bits per heavy atom. The number of aliphatic imine (C=N–C) groups is 1. The number of rotatable bonds is 0. The summed E-state index contributed by atoms with van der Waals surface area (Å²) in [5, 5.41) is 6.15. The van der Waals surface area contributed by atoms with E-state index in [0.717, 1.165) is 17.9 Å². The van der Waals surface area contributed by atoms with Gasteiger partial charge in [0.25, 0.3) is 5.91 Å². The Kier molecular flexibility index (Phi) is 3.16. The molecule has 1 fully saturated rings. The second kappa shape index (κ2) is 4.15. The molecule has 2 N–H and O–H groups in total. The number of carbonyl (C=O) groups is 1. The number of amides is 1. The maximum Gasteiger partial charge on any atom is 0.255 e. The zero-order valence-corrected chi connectivity index (χ0v) is 12.7. The molecule has 0 bridgehead atoms. The van der Waals surface area contributed by atoms with E-state index in [4.69, 9.17) is 0 Å². The first-order valence-corrected chi connectivity index (χ1v) is 7.55. The summed E-state index contributed by atoms with van der Waals surface area (Å²) < 4.78 is 0. The van der Waals surface area contributed by atoms with Gasteiger partial charge in [-0.2, -0.15) is 11.8 Å². The molecule has 0 aromatic carbocycles. The lowest BCUT2D eigenvalue weighted by Gasteiger charge is -2.38. The predicted octanol–water partition coefficient (Wildman–Crippen LogP) is 1.76. The van der Waals surface area contributed by atoms with Gasteiger partial charge in [-0.25, -0.2) is 4.99 Å². The van der Waals surface area contributed by atoms with E-state index in [2.05, 4.69) is 50.2 Å². The maximum absolute atomic E-state index is 12.3. The number of hydrogen-bond donors (Lipinski definition) is 2. The molecule has 2 aliphatic heterocycles. The molecule has 5 heteroatoms. The molecule has 1 saturated heterocycles. The Morgan fingerprint density at radius 3 is 2.56 bits per heavy atom. The normalized spacial score (nSPS) is 31.2. The third kappa shape index (κ3) is 2.82. The molecule has 4 nitrogen and oxygen atoms in total. The van der Waals surface area contributed by atoms with Crippen LogP contribution in [0.4, 0.5) is 0 Å². The van der Waals surface area contributed by atoms with Gasteiger partial charge >= 0.3 is 0 Å². The van der Waals surface area contributed by atoms with Crippen molar-refractivity contribution < 1.29 is 4.79 Å². The summed E-state index contributed by atoms with van der Waals surface area (Å²) in [7, 11) is 0. The van der Waals surface area contributed by atoms with Crippen molar-refractivity contribution in [1.82, 2.24) is 10.6 Å². The summed E-state index contributed by atoms with van der Waals surface area (Å²) in [6.45, 7) is 10.6. The van der Waals surface area contributed by atoms with E-state index in [9.17, 15) is 4.79 Å². The molecule has 0 aliphatic carbocycles. The smallest absolute Gasteiger partial charge is 0.255 e. The summed E-state index contributed by atoms with van der Waals surface area (Å²) >= 11 is 1.83. The van der Waals surface area contributed by atoms with Crippen molar-refractivity contribution in [2.24, 2.45) is 10.4 Å². The third-order valence-electron chi connectivity index (χ3n) is 3.08. The van der Waals surface area contributed by atoms with Crippen molar-refractivity contribution >= 4 is 23.6 Å².